The van der Waals surface area contributed by atoms with Crippen molar-refractivity contribution in [2.75, 3.05) is 31.6 Å². The lowest BCUT2D eigenvalue weighted by atomic mass is 10.1. The third-order valence-electron chi connectivity index (χ3n) is 3.05. The Bertz CT molecular complexity index is 382. The maximum Gasteiger partial charge on any atom is 0.142 e. The van der Waals surface area contributed by atoms with Crippen molar-refractivity contribution in [2.24, 2.45) is 0 Å². The second kappa shape index (κ2) is 6.61. The van der Waals surface area contributed by atoms with Gasteiger partial charge in [-0.15, -0.1) is 0 Å². The van der Waals surface area contributed by atoms with Crippen LogP contribution in [0.3, 0.4) is 0 Å². The number of benzene rings is 1. The van der Waals surface area contributed by atoms with Crippen molar-refractivity contribution in [3.63, 3.8) is 0 Å². The van der Waals surface area contributed by atoms with E-state index >= 15 is 0 Å². The maximum absolute atomic E-state index is 8.67. The molecule has 2 rings (SSSR count). The molecule has 100 valence electrons. The van der Waals surface area contributed by atoms with Crippen molar-refractivity contribution in [1.29, 1.82) is 0 Å². The molecule has 0 spiro atoms. The third-order valence-corrected chi connectivity index (χ3v) is 3.05. The summed E-state index contributed by atoms with van der Waals surface area (Å²) in [6.07, 6.45) is 2.05. The summed E-state index contributed by atoms with van der Waals surface area (Å²) in [5.74, 6) is 0.950. The zero-order valence-corrected chi connectivity index (χ0v) is 10.9. The summed E-state index contributed by atoms with van der Waals surface area (Å²) >= 11 is 0. The van der Waals surface area contributed by atoms with E-state index < -0.39 is 0 Å². The van der Waals surface area contributed by atoms with Gasteiger partial charge in [0, 0.05) is 6.61 Å². The Morgan fingerprint density at radius 1 is 1.44 bits per heavy atom. The van der Waals surface area contributed by atoms with Crippen molar-refractivity contribution >= 4 is 5.69 Å². The summed E-state index contributed by atoms with van der Waals surface area (Å²) in [5, 5.41) is 15.4. The summed E-state index contributed by atoms with van der Waals surface area (Å²) in [6.45, 7) is 5.00. The van der Waals surface area contributed by atoms with Crippen LogP contribution in [0, 0.1) is 0 Å². The fourth-order valence-corrected chi connectivity index (χ4v) is 2.05. The molecule has 4 nitrogen and oxygen atoms in total. The Morgan fingerprint density at radius 2 is 2.33 bits per heavy atom. The van der Waals surface area contributed by atoms with Gasteiger partial charge < -0.3 is 20.5 Å². The highest BCUT2D eigenvalue weighted by atomic mass is 16.5. The van der Waals surface area contributed by atoms with Gasteiger partial charge in [-0.1, -0.05) is 6.07 Å². The van der Waals surface area contributed by atoms with Crippen LogP contribution in [0.25, 0.3) is 0 Å². The van der Waals surface area contributed by atoms with E-state index in [2.05, 4.69) is 29.7 Å². The number of fused-ring (bicyclic) bond motifs is 1. The highest BCUT2D eigenvalue weighted by Gasteiger charge is 2.14. The highest BCUT2D eigenvalue weighted by molar-refractivity contribution is 5.59. The van der Waals surface area contributed by atoms with Crippen LogP contribution in [0.15, 0.2) is 18.2 Å². The molecule has 0 fully saturated rings. The molecule has 1 unspecified atom stereocenters. The Morgan fingerprint density at radius 3 is 3.17 bits per heavy atom. The number of rotatable bonds is 6. The standard InChI is InChI=1S/C14H22N2O2/c1-11-10-16-13-9-12(3-4-14(13)18-11)5-7-15-6-2-8-17/h3-4,9,11,15-17H,2,5-8,10H2,1H3. The number of hydrogen-bond donors (Lipinski definition) is 3. The van der Waals surface area contributed by atoms with Gasteiger partial charge in [-0.2, -0.15) is 0 Å². The smallest absolute Gasteiger partial charge is 0.142 e. The summed E-state index contributed by atoms with van der Waals surface area (Å²) in [4.78, 5) is 0. The van der Waals surface area contributed by atoms with Gasteiger partial charge in [0.1, 0.15) is 11.9 Å². The lowest BCUT2D eigenvalue weighted by molar-refractivity contribution is 0.226. The Balaban J connectivity index is 1.83. The number of aliphatic hydroxyl groups is 1. The van der Waals surface area contributed by atoms with Crippen molar-refractivity contribution in [3.8, 4) is 5.75 Å². The van der Waals surface area contributed by atoms with Gasteiger partial charge in [0.05, 0.1) is 12.2 Å². The molecule has 3 N–H and O–H groups in total. The predicted octanol–water partition coefficient (Wildman–Crippen LogP) is 1.39. The zero-order chi connectivity index (χ0) is 12.8. The van der Waals surface area contributed by atoms with E-state index in [1.165, 1.54) is 5.56 Å². The lowest BCUT2D eigenvalue weighted by Gasteiger charge is -2.25. The van der Waals surface area contributed by atoms with Gasteiger partial charge in [0.2, 0.25) is 0 Å². The fraction of sp³-hybridized carbons (Fsp3) is 0.571. The van der Waals surface area contributed by atoms with E-state index in [0.717, 1.165) is 43.9 Å². The number of aliphatic hydroxyl groups excluding tert-OH is 1. The molecule has 4 heteroatoms. The predicted molar refractivity (Wildman–Crippen MR) is 73.3 cm³/mol. The summed E-state index contributed by atoms with van der Waals surface area (Å²) in [7, 11) is 0. The minimum absolute atomic E-state index is 0.239. The first kappa shape index (κ1) is 13.2. The first-order valence-corrected chi connectivity index (χ1v) is 6.64. The molecule has 1 aromatic carbocycles. The van der Waals surface area contributed by atoms with Crippen LogP contribution >= 0.6 is 0 Å². The highest BCUT2D eigenvalue weighted by Crippen LogP contribution is 2.29. The molecule has 1 atom stereocenters. The van der Waals surface area contributed by atoms with Gasteiger partial charge in [-0.05, 0) is 50.6 Å². The molecule has 0 aromatic heterocycles. The molecule has 0 saturated heterocycles. The van der Waals surface area contributed by atoms with Crippen molar-refractivity contribution < 1.29 is 9.84 Å². The average molecular weight is 250 g/mol. The number of ether oxygens (including phenoxy) is 1. The first-order valence-electron chi connectivity index (χ1n) is 6.64. The lowest BCUT2D eigenvalue weighted by Crippen LogP contribution is -2.27. The molecular formula is C14H22N2O2. The Kier molecular flexibility index (Phi) is 4.84. The van der Waals surface area contributed by atoms with Gasteiger partial charge in [-0.25, -0.2) is 0 Å². The molecule has 1 aromatic rings. The van der Waals surface area contributed by atoms with Crippen LogP contribution < -0.4 is 15.4 Å². The minimum atomic E-state index is 0.239. The number of nitrogens with one attached hydrogen (secondary N) is 2. The maximum atomic E-state index is 8.67. The van der Waals surface area contributed by atoms with Crippen LogP contribution in [0.5, 0.6) is 5.75 Å². The second-order valence-electron chi connectivity index (χ2n) is 4.72. The quantitative estimate of drug-likeness (QED) is 0.668. The van der Waals surface area contributed by atoms with Crippen LogP contribution in [-0.2, 0) is 6.42 Å². The molecule has 0 bridgehead atoms. The van der Waals surface area contributed by atoms with E-state index in [1.807, 2.05) is 6.07 Å². The van der Waals surface area contributed by atoms with Crippen molar-refractivity contribution in [2.45, 2.75) is 25.9 Å². The molecule has 0 aliphatic carbocycles. The zero-order valence-electron chi connectivity index (χ0n) is 10.9. The Hall–Kier alpha value is -1.26. The van der Waals surface area contributed by atoms with E-state index in [1.54, 1.807) is 0 Å². The molecule has 0 saturated carbocycles. The molecular weight excluding hydrogens is 228 g/mol. The van der Waals surface area contributed by atoms with Gasteiger partial charge in [0.25, 0.3) is 0 Å². The van der Waals surface area contributed by atoms with E-state index in [4.69, 9.17) is 9.84 Å². The molecule has 0 amide bonds. The Labute approximate surface area is 108 Å². The van der Waals surface area contributed by atoms with Gasteiger partial charge >= 0.3 is 0 Å². The number of hydrogen-bond acceptors (Lipinski definition) is 4. The van der Waals surface area contributed by atoms with Crippen molar-refractivity contribution in [1.82, 2.24) is 5.32 Å². The molecule has 18 heavy (non-hydrogen) atoms. The van der Waals surface area contributed by atoms with E-state index in [0.29, 0.717) is 0 Å². The van der Waals surface area contributed by atoms with Crippen LogP contribution in [0.4, 0.5) is 5.69 Å². The van der Waals surface area contributed by atoms with Crippen LogP contribution in [0.1, 0.15) is 18.9 Å². The molecule has 0 radical (unpaired) electrons. The minimum Gasteiger partial charge on any atom is -0.487 e. The third kappa shape index (κ3) is 3.62. The second-order valence-corrected chi connectivity index (χ2v) is 4.72. The molecule has 1 aliphatic rings. The van der Waals surface area contributed by atoms with Crippen molar-refractivity contribution in [3.05, 3.63) is 23.8 Å². The summed E-state index contributed by atoms with van der Waals surface area (Å²) < 4.78 is 5.74. The average Bonchev–Trinajstić information content (AvgIpc) is 2.38. The summed E-state index contributed by atoms with van der Waals surface area (Å²) in [5.41, 5.74) is 2.40. The molecule has 1 heterocycles. The van der Waals surface area contributed by atoms with Crippen LogP contribution in [0.2, 0.25) is 0 Å². The van der Waals surface area contributed by atoms with Crippen LogP contribution in [-0.4, -0.2) is 37.5 Å². The SMILES string of the molecule is CC1CNc2cc(CCNCCCO)ccc2O1. The van der Waals surface area contributed by atoms with Gasteiger partial charge in [-0.3, -0.25) is 0 Å². The number of anilines is 1. The normalized spacial score (nSPS) is 17.8. The monoisotopic (exact) mass is 250 g/mol. The fourth-order valence-electron chi connectivity index (χ4n) is 2.05. The largest absolute Gasteiger partial charge is 0.487 e. The summed E-state index contributed by atoms with van der Waals surface area (Å²) in [6, 6.07) is 6.32. The topological polar surface area (TPSA) is 53.5 Å². The van der Waals surface area contributed by atoms with E-state index in [9.17, 15) is 0 Å². The first-order chi connectivity index (χ1) is 8.79. The molecule has 1 aliphatic heterocycles. The van der Waals surface area contributed by atoms with E-state index in [-0.39, 0.29) is 12.7 Å². The van der Waals surface area contributed by atoms with Gasteiger partial charge in [0.15, 0.2) is 0 Å².